The van der Waals surface area contributed by atoms with E-state index in [0.717, 1.165) is 6.20 Å². The third kappa shape index (κ3) is 2.42. The zero-order valence-electron chi connectivity index (χ0n) is 8.60. The number of rotatable bonds is 2. The Balaban J connectivity index is 2.37. The molecule has 2 heterocycles. The van der Waals surface area contributed by atoms with Crippen molar-refractivity contribution in [3.05, 3.63) is 51.7 Å². The summed E-state index contributed by atoms with van der Waals surface area (Å²) >= 11 is 5.59. The highest BCUT2D eigenvalue weighted by Gasteiger charge is 2.07. The Hall–Kier alpha value is -1.95. The molecule has 88 valence electrons. The number of hydrogen-bond donors (Lipinski definition) is 1. The summed E-state index contributed by atoms with van der Waals surface area (Å²) < 4.78 is 14.1. The van der Waals surface area contributed by atoms with Crippen molar-refractivity contribution in [3.63, 3.8) is 0 Å². The van der Waals surface area contributed by atoms with Gasteiger partial charge in [0.2, 0.25) is 0 Å². The molecule has 0 radical (unpaired) electrons. The fraction of sp³-hybridized carbons (Fsp3) is 0.100. The molecule has 2 rings (SSSR count). The lowest BCUT2D eigenvalue weighted by Gasteiger charge is -2.06. The first-order valence-electron chi connectivity index (χ1n) is 4.68. The second kappa shape index (κ2) is 4.50. The Morgan fingerprint density at radius 2 is 2.24 bits per heavy atom. The predicted octanol–water partition coefficient (Wildman–Crippen LogP) is 1.06. The van der Waals surface area contributed by atoms with Crippen LogP contribution in [0.25, 0.3) is 0 Å². The van der Waals surface area contributed by atoms with Crippen molar-refractivity contribution >= 4 is 17.3 Å². The maximum atomic E-state index is 12.9. The average Bonchev–Trinajstić information content (AvgIpc) is 2.30. The molecule has 2 aromatic rings. The van der Waals surface area contributed by atoms with Gasteiger partial charge in [0.1, 0.15) is 11.5 Å². The van der Waals surface area contributed by atoms with Gasteiger partial charge in [-0.1, -0.05) is 11.6 Å². The molecular weight excluding hydrogens is 247 g/mol. The van der Waals surface area contributed by atoms with Gasteiger partial charge in [-0.25, -0.2) is 9.37 Å². The zero-order chi connectivity index (χ0) is 12.4. The van der Waals surface area contributed by atoms with Crippen molar-refractivity contribution in [2.45, 2.75) is 6.54 Å². The topological polar surface area (TPSA) is 73.8 Å². The number of nitrogens with two attached hydrogens (primary N) is 1. The van der Waals surface area contributed by atoms with Crippen molar-refractivity contribution in [2.24, 2.45) is 0 Å². The van der Waals surface area contributed by atoms with E-state index in [0.29, 0.717) is 5.56 Å². The Morgan fingerprint density at radius 3 is 2.94 bits per heavy atom. The lowest BCUT2D eigenvalue weighted by Crippen LogP contribution is -2.24. The number of hydrogen-bond acceptors (Lipinski definition) is 4. The Morgan fingerprint density at radius 1 is 1.47 bits per heavy atom. The summed E-state index contributed by atoms with van der Waals surface area (Å²) in [7, 11) is 0. The van der Waals surface area contributed by atoms with Crippen LogP contribution in [0.2, 0.25) is 5.15 Å². The lowest BCUT2D eigenvalue weighted by molar-refractivity contribution is 0.615. The number of nitrogens with zero attached hydrogens (tertiary/aromatic N) is 3. The Kier molecular flexibility index (Phi) is 3.06. The molecule has 0 aliphatic carbocycles. The van der Waals surface area contributed by atoms with Crippen LogP contribution in [0.3, 0.4) is 0 Å². The Bertz CT molecular complexity index is 613. The fourth-order valence-corrected chi connectivity index (χ4v) is 1.46. The van der Waals surface area contributed by atoms with Gasteiger partial charge in [0, 0.05) is 6.20 Å². The lowest BCUT2D eigenvalue weighted by atomic mass is 10.3. The minimum absolute atomic E-state index is 0.0383. The molecule has 2 aromatic heterocycles. The van der Waals surface area contributed by atoms with Gasteiger partial charge in [0.05, 0.1) is 19.1 Å². The second-order valence-electron chi connectivity index (χ2n) is 3.39. The van der Waals surface area contributed by atoms with E-state index >= 15 is 0 Å². The highest BCUT2D eigenvalue weighted by molar-refractivity contribution is 6.31. The van der Waals surface area contributed by atoms with Crippen LogP contribution in [0.5, 0.6) is 0 Å². The van der Waals surface area contributed by atoms with Gasteiger partial charge in [-0.15, -0.1) is 0 Å². The van der Waals surface area contributed by atoms with Crippen molar-refractivity contribution in [1.29, 1.82) is 0 Å². The Labute approximate surface area is 101 Å². The molecule has 0 spiro atoms. The third-order valence-electron chi connectivity index (χ3n) is 2.14. The van der Waals surface area contributed by atoms with Crippen LogP contribution in [-0.2, 0) is 6.54 Å². The van der Waals surface area contributed by atoms with E-state index in [-0.39, 0.29) is 17.4 Å². The van der Waals surface area contributed by atoms with Gasteiger partial charge in [-0.05, 0) is 11.6 Å². The van der Waals surface area contributed by atoms with Gasteiger partial charge in [0.25, 0.3) is 5.56 Å². The molecule has 0 unspecified atom stereocenters. The fourth-order valence-electron chi connectivity index (χ4n) is 1.34. The van der Waals surface area contributed by atoms with Crippen LogP contribution in [0.1, 0.15) is 5.56 Å². The molecule has 0 aromatic carbocycles. The molecule has 0 saturated carbocycles. The first kappa shape index (κ1) is 11.5. The standard InChI is InChI=1S/C10H8ClFN4O/c11-9-8(13)10(17)16(5-15-9)4-6-1-7(12)3-14-2-6/h1-3,5H,4,13H2. The van der Waals surface area contributed by atoms with E-state index in [9.17, 15) is 9.18 Å². The number of halogens is 2. The molecule has 0 atom stereocenters. The number of pyridine rings is 1. The van der Waals surface area contributed by atoms with Crippen LogP contribution < -0.4 is 11.3 Å². The summed E-state index contributed by atoms with van der Waals surface area (Å²) in [5.41, 5.74) is 5.40. The monoisotopic (exact) mass is 254 g/mol. The van der Waals surface area contributed by atoms with Crippen molar-refractivity contribution in [3.8, 4) is 0 Å². The minimum atomic E-state index is -0.467. The SMILES string of the molecule is Nc1c(Cl)ncn(Cc2cncc(F)c2)c1=O. The van der Waals surface area contributed by atoms with E-state index in [1.807, 2.05) is 0 Å². The number of anilines is 1. The van der Waals surface area contributed by atoms with Gasteiger partial charge in [-0.3, -0.25) is 14.3 Å². The molecule has 0 aliphatic rings. The quantitative estimate of drug-likeness (QED) is 0.814. The highest BCUT2D eigenvalue weighted by atomic mass is 35.5. The summed E-state index contributed by atoms with van der Waals surface area (Å²) in [6.07, 6.45) is 3.80. The summed E-state index contributed by atoms with van der Waals surface area (Å²) in [5, 5.41) is -0.0383. The van der Waals surface area contributed by atoms with Crippen molar-refractivity contribution in [1.82, 2.24) is 14.5 Å². The second-order valence-corrected chi connectivity index (χ2v) is 3.75. The van der Waals surface area contributed by atoms with Gasteiger partial charge in [-0.2, -0.15) is 0 Å². The normalized spacial score (nSPS) is 10.5. The molecule has 5 nitrogen and oxygen atoms in total. The molecule has 2 N–H and O–H groups in total. The van der Waals surface area contributed by atoms with Gasteiger partial charge >= 0.3 is 0 Å². The smallest absolute Gasteiger partial charge is 0.278 e. The molecule has 17 heavy (non-hydrogen) atoms. The van der Waals surface area contributed by atoms with Crippen LogP contribution in [0.15, 0.2) is 29.6 Å². The molecular formula is C10H8ClFN4O. The third-order valence-corrected chi connectivity index (χ3v) is 2.44. The summed E-state index contributed by atoms with van der Waals surface area (Å²) in [5.74, 6) is -0.467. The van der Waals surface area contributed by atoms with Crippen LogP contribution in [0, 0.1) is 5.82 Å². The highest BCUT2D eigenvalue weighted by Crippen LogP contribution is 2.09. The summed E-state index contributed by atoms with van der Waals surface area (Å²) in [6, 6.07) is 1.28. The molecule has 0 fully saturated rings. The number of aromatic nitrogens is 3. The van der Waals surface area contributed by atoms with Crippen LogP contribution in [-0.4, -0.2) is 14.5 Å². The minimum Gasteiger partial charge on any atom is -0.392 e. The van der Waals surface area contributed by atoms with Crippen molar-refractivity contribution in [2.75, 3.05) is 5.73 Å². The molecule has 0 saturated heterocycles. The largest absolute Gasteiger partial charge is 0.392 e. The molecule has 0 amide bonds. The van der Waals surface area contributed by atoms with Gasteiger partial charge in [0.15, 0.2) is 5.15 Å². The van der Waals surface area contributed by atoms with Crippen LogP contribution in [0.4, 0.5) is 10.1 Å². The average molecular weight is 255 g/mol. The van der Waals surface area contributed by atoms with E-state index in [2.05, 4.69) is 9.97 Å². The molecule has 7 heteroatoms. The first-order valence-corrected chi connectivity index (χ1v) is 5.05. The van der Waals surface area contributed by atoms with Gasteiger partial charge < -0.3 is 5.73 Å². The summed E-state index contributed by atoms with van der Waals surface area (Å²) in [6.45, 7) is 0.137. The zero-order valence-corrected chi connectivity index (χ0v) is 9.36. The maximum Gasteiger partial charge on any atom is 0.278 e. The predicted molar refractivity (Wildman–Crippen MR) is 61.2 cm³/mol. The molecule has 0 bridgehead atoms. The van der Waals surface area contributed by atoms with Crippen molar-refractivity contribution < 1.29 is 4.39 Å². The van der Waals surface area contributed by atoms with E-state index in [1.54, 1.807) is 0 Å². The summed E-state index contributed by atoms with van der Waals surface area (Å²) in [4.78, 5) is 19.1. The van der Waals surface area contributed by atoms with E-state index < -0.39 is 11.4 Å². The number of nitrogen functional groups attached to an aromatic ring is 1. The van der Waals surface area contributed by atoms with E-state index in [4.69, 9.17) is 17.3 Å². The van der Waals surface area contributed by atoms with Crippen LogP contribution >= 0.6 is 11.6 Å². The first-order chi connectivity index (χ1) is 8.08. The molecule has 0 aliphatic heterocycles. The van der Waals surface area contributed by atoms with E-state index in [1.165, 1.54) is 23.2 Å². The maximum absolute atomic E-state index is 12.9.